The first-order valence-electron chi connectivity index (χ1n) is 24.9. The number of rotatable bonds is 5. The molecule has 2 fully saturated rings. The van der Waals surface area contributed by atoms with E-state index in [-0.39, 0.29) is 10.8 Å². The van der Waals surface area contributed by atoms with Gasteiger partial charge in [0.05, 0.1) is 11.4 Å². The molecular formula is C64H52N2O. The number of furan rings is 1. The highest BCUT2D eigenvalue weighted by atomic mass is 16.3. The topological polar surface area (TPSA) is 38.9 Å². The lowest BCUT2D eigenvalue weighted by molar-refractivity contribution is 0.232. The van der Waals surface area contributed by atoms with Crippen LogP contribution >= 0.6 is 0 Å². The Bertz CT molecular complexity index is 3490. The lowest BCUT2D eigenvalue weighted by Gasteiger charge is -2.43. The molecule has 0 N–H and O–H groups in total. The number of allylic oxidation sites excluding steroid dienone is 4. The van der Waals surface area contributed by atoms with Gasteiger partial charge >= 0.3 is 0 Å². The number of aromatic nitrogens is 2. The van der Waals surface area contributed by atoms with E-state index in [1.807, 2.05) is 30.3 Å². The molecule has 7 aromatic carbocycles. The van der Waals surface area contributed by atoms with Crippen LogP contribution in [0.2, 0.25) is 0 Å². The Hall–Kier alpha value is -7.10. The van der Waals surface area contributed by atoms with Gasteiger partial charge < -0.3 is 4.42 Å². The SMILES string of the molecule is C1=C2C(=CC3c4ccccc4C4(CCCCC4)C13)C1(CCCCC1)c1ccc(-c3ccc(-c4cccc(-c5cc(-c6ccc7c(c6)oc6ccccc67)nc(-c6ccccc6)n5)c4)cc3)cc12. The zero-order valence-corrected chi connectivity index (χ0v) is 37.8. The summed E-state index contributed by atoms with van der Waals surface area (Å²) in [5.41, 5.74) is 21.4. The summed E-state index contributed by atoms with van der Waals surface area (Å²) in [6.07, 6.45) is 18.9. The van der Waals surface area contributed by atoms with Gasteiger partial charge in [0.1, 0.15) is 11.2 Å². The third kappa shape index (κ3) is 6.09. The van der Waals surface area contributed by atoms with Gasteiger partial charge in [-0.3, -0.25) is 0 Å². The largest absolute Gasteiger partial charge is 0.456 e. The molecule has 5 aliphatic carbocycles. The van der Waals surface area contributed by atoms with Crippen molar-refractivity contribution in [3.8, 4) is 56.2 Å². The molecule has 3 nitrogen and oxygen atoms in total. The van der Waals surface area contributed by atoms with Gasteiger partial charge in [0, 0.05) is 44.2 Å². The Kier molecular flexibility index (Phi) is 8.88. The fourth-order valence-electron chi connectivity index (χ4n) is 13.7. The van der Waals surface area contributed by atoms with Crippen molar-refractivity contribution in [3.63, 3.8) is 0 Å². The van der Waals surface area contributed by atoms with Crippen LogP contribution < -0.4 is 0 Å². The molecule has 0 saturated heterocycles. The fraction of sp³-hybridized carbons (Fsp3) is 0.219. The van der Waals surface area contributed by atoms with Crippen molar-refractivity contribution in [3.05, 3.63) is 210 Å². The maximum absolute atomic E-state index is 6.31. The zero-order valence-electron chi connectivity index (χ0n) is 37.8. The Balaban J connectivity index is 0.812. The van der Waals surface area contributed by atoms with Crippen LogP contribution in [0, 0.1) is 5.92 Å². The predicted octanol–water partition coefficient (Wildman–Crippen LogP) is 16.9. The summed E-state index contributed by atoms with van der Waals surface area (Å²) in [7, 11) is 0. The van der Waals surface area contributed by atoms with E-state index in [4.69, 9.17) is 14.4 Å². The second-order valence-corrected chi connectivity index (χ2v) is 20.2. The van der Waals surface area contributed by atoms with Crippen molar-refractivity contribution in [1.82, 2.24) is 9.97 Å². The third-order valence-corrected chi connectivity index (χ3v) is 16.8. The van der Waals surface area contributed by atoms with Crippen LogP contribution in [0.1, 0.15) is 92.4 Å². The summed E-state index contributed by atoms with van der Waals surface area (Å²) in [6.45, 7) is 0. The molecule has 2 heterocycles. The average molecular weight is 865 g/mol. The molecule has 324 valence electrons. The van der Waals surface area contributed by atoms with Crippen molar-refractivity contribution < 1.29 is 4.42 Å². The minimum Gasteiger partial charge on any atom is -0.456 e. The second kappa shape index (κ2) is 15.2. The molecule has 2 spiro atoms. The molecule has 2 atom stereocenters. The second-order valence-electron chi connectivity index (χ2n) is 20.2. The van der Waals surface area contributed by atoms with E-state index in [1.165, 1.54) is 86.5 Å². The van der Waals surface area contributed by atoms with E-state index in [9.17, 15) is 0 Å². The van der Waals surface area contributed by atoms with Crippen molar-refractivity contribution >= 4 is 27.5 Å². The van der Waals surface area contributed by atoms with Crippen molar-refractivity contribution in [2.24, 2.45) is 5.92 Å². The minimum atomic E-state index is 0.142. The van der Waals surface area contributed by atoms with Gasteiger partial charge in [-0.15, -0.1) is 0 Å². The molecule has 3 heteroatoms. The van der Waals surface area contributed by atoms with Gasteiger partial charge in [-0.1, -0.05) is 184 Å². The normalized spacial score (nSPS) is 19.8. The molecule has 0 radical (unpaired) electrons. The first kappa shape index (κ1) is 39.1. The van der Waals surface area contributed by atoms with E-state index >= 15 is 0 Å². The van der Waals surface area contributed by atoms with Gasteiger partial charge in [-0.25, -0.2) is 9.97 Å². The van der Waals surface area contributed by atoms with Gasteiger partial charge in [-0.05, 0) is 124 Å². The van der Waals surface area contributed by atoms with Crippen molar-refractivity contribution in [1.29, 1.82) is 0 Å². The minimum absolute atomic E-state index is 0.142. The molecule has 5 aliphatic rings. The number of para-hydroxylation sites is 1. The smallest absolute Gasteiger partial charge is 0.160 e. The Morgan fingerprint density at radius 1 is 0.433 bits per heavy atom. The van der Waals surface area contributed by atoms with Crippen LogP contribution in [-0.4, -0.2) is 9.97 Å². The highest BCUT2D eigenvalue weighted by Crippen LogP contribution is 2.66. The number of benzene rings is 7. The molecule has 0 bridgehead atoms. The van der Waals surface area contributed by atoms with E-state index in [2.05, 4.69) is 152 Å². The molecule has 2 saturated carbocycles. The predicted molar refractivity (Wildman–Crippen MR) is 275 cm³/mol. The van der Waals surface area contributed by atoms with Gasteiger partial charge in [-0.2, -0.15) is 0 Å². The van der Waals surface area contributed by atoms with Gasteiger partial charge in [0.15, 0.2) is 5.82 Å². The van der Waals surface area contributed by atoms with Gasteiger partial charge in [0.25, 0.3) is 0 Å². The third-order valence-electron chi connectivity index (χ3n) is 16.8. The van der Waals surface area contributed by atoms with Crippen LogP contribution in [-0.2, 0) is 10.8 Å². The lowest BCUT2D eigenvalue weighted by atomic mass is 9.61. The summed E-state index contributed by atoms with van der Waals surface area (Å²) in [5.74, 6) is 1.73. The Morgan fingerprint density at radius 3 is 1.87 bits per heavy atom. The summed E-state index contributed by atoms with van der Waals surface area (Å²) in [4.78, 5) is 10.3. The standard InChI is InChI=1S/C64H52N2O/c1-4-15-43(16-5-1)62-65-58(40-59(66-62)47-27-29-50-49-20-7-9-22-60(49)67-61(50)37-47)46-18-14-17-44(35-46)41-23-25-42(26-24-41)45-28-30-55-51(36-45)53-39-56-52(38-57(53)64(55)33-12-3-13-34-64)48-19-6-8-21-54(48)63(56)31-10-2-11-32-63/h1,4-9,14-30,35-40,52,56H,2-3,10-13,31-34H2. The molecule has 2 aromatic heterocycles. The number of hydrogen-bond acceptors (Lipinski definition) is 3. The van der Waals surface area contributed by atoms with Crippen LogP contribution in [0.15, 0.2) is 192 Å². The number of fused-ring (bicyclic) bond motifs is 13. The Labute approximate surface area is 393 Å². The first-order chi connectivity index (χ1) is 33.1. The molecule has 14 rings (SSSR count). The molecule has 0 amide bonds. The summed E-state index contributed by atoms with van der Waals surface area (Å²) >= 11 is 0. The van der Waals surface area contributed by atoms with Gasteiger partial charge in [0.2, 0.25) is 0 Å². The van der Waals surface area contributed by atoms with E-state index in [0.717, 1.165) is 55.6 Å². The maximum Gasteiger partial charge on any atom is 0.160 e. The fourth-order valence-corrected chi connectivity index (χ4v) is 13.7. The van der Waals surface area contributed by atoms with Crippen LogP contribution in [0.25, 0.3) is 83.7 Å². The average Bonchev–Trinajstić information content (AvgIpc) is 3.99. The highest BCUT2D eigenvalue weighted by molar-refractivity contribution is 6.06. The number of hydrogen-bond donors (Lipinski definition) is 0. The van der Waals surface area contributed by atoms with Crippen molar-refractivity contribution in [2.45, 2.75) is 81.0 Å². The summed E-state index contributed by atoms with van der Waals surface area (Å²) in [6, 6.07) is 62.2. The van der Waals surface area contributed by atoms with Crippen LogP contribution in [0.3, 0.4) is 0 Å². The van der Waals surface area contributed by atoms with Crippen molar-refractivity contribution in [2.75, 3.05) is 0 Å². The van der Waals surface area contributed by atoms with E-state index < -0.39 is 0 Å². The Morgan fingerprint density at radius 2 is 1.06 bits per heavy atom. The van der Waals surface area contributed by atoms with E-state index in [0.29, 0.717) is 17.7 Å². The first-order valence-corrected chi connectivity index (χ1v) is 24.9. The molecule has 67 heavy (non-hydrogen) atoms. The summed E-state index contributed by atoms with van der Waals surface area (Å²) < 4.78 is 6.31. The molecule has 9 aromatic rings. The molecular weight excluding hydrogens is 813 g/mol. The zero-order chi connectivity index (χ0) is 44.1. The molecule has 2 unspecified atom stereocenters. The van der Waals surface area contributed by atoms with Crippen LogP contribution in [0.5, 0.6) is 0 Å². The summed E-state index contributed by atoms with van der Waals surface area (Å²) in [5, 5.41) is 2.23. The lowest BCUT2D eigenvalue weighted by Crippen LogP contribution is -2.35. The van der Waals surface area contributed by atoms with E-state index in [1.54, 1.807) is 27.8 Å². The van der Waals surface area contributed by atoms with Crippen LogP contribution in [0.4, 0.5) is 0 Å². The maximum atomic E-state index is 6.31. The number of nitrogens with zero attached hydrogens (tertiary/aromatic N) is 2. The molecule has 0 aliphatic heterocycles. The highest BCUT2D eigenvalue weighted by Gasteiger charge is 2.55. The quantitative estimate of drug-likeness (QED) is 0.173. The monoisotopic (exact) mass is 864 g/mol.